The molecule has 178 valence electrons. The fourth-order valence-corrected chi connectivity index (χ4v) is 5.71. The zero-order chi connectivity index (χ0) is 24.1. The Hall–Kier alpha value is -3.45. The molecule has 0 amide bonds. The van der Waals surface area contributed by atoms with Crippen LogP contribution >= 0.6 is 15.9 Å². The zero-order valence-electron chi connectivity index (χ0n) is 19.6. The second-order valence-corrected chi connectivity index (χ2v) is 10.2. The second-order valence-electron chi connectivity index (χ2n) is 9.38. The van der Waals surface area contributed by atoms with Gasteiger partial charge in [-0.05, 0) is 59.9 Å². The molecule has 3 aromatic rings. The number of hydrogen-bond donors (Lipinski definition) is 2. The molecule has 35 heavy (non-hydrogen) atoms. The predicted octanol–water partition coefficient (Wildman–Crippen LogP) is 6.22. The van der Waals surface area contributed by atoms with Gasteiger partial charge in [-0.1, -0.05) is 40.2 Å². The number of carbonyl (C=O) groups excluding carboxylic acids is 1. The van der Waals surface area contributed by atoms with Crippen LogP contribution in [-0.2, 0) is 4.79 Å². The van der Waals surface area contributed by atoms with Crippen LogP contribution in [0.1, 0.15) is 35.9 Å². The second kappa shape index (κ2) is 8.64. The van der Waals surface area contributed by atoms with Gasteiger partial charge in [-0.3, -0.25) is 4.79 Å². The number of nitrogens with zero attached hydrogens (tertiary/aromatic N) is 1. The summed E-state index contributed by atoms with van der Waals surface area (Å²) in [7, 11) is 4.06. The molecule has 2 N–H and O–H groups in total. The molecule has 0 bridgehead atoms. The summed E-state index contributed by atoms with van der Waals surface area (Å²) in [5, 5.41) is 7.25. The Bertz CT molecular complexity index is 1350. The van der Waals surface area contributed by atoms with Crippen LogP contribution in [0.25, 0.3) is 0 Å². The van der Waals surface area contributed by atoms with Crippen LogP contribution in [0.3, 0.4) is 0 Å². The van der Waals surface area contributed by atoms with Crippen molar-refractivity contribution in [3.05, 3.63) is 87.5 Å². The molecule has 6 rings (SSSR count). The number of fused-ring (bicyclic) bond motifs is 2. The molecule has 0 saturated heterocycles. The minimum absolute atomic E-state index is 0.121. The number of Topliss-reactive ketones (excluding diaryl/α,β-unsaturated/α-hetero) is 1. The molecule has 2 aliphatic heterocycles. The molecular formula is C28H26BrN3O3. The molecule has 0 aromatic heterocycles. The zero-order valence-corrected chi connectivity index (χ0v) is 21.2. The largest absolute Gasteiger partial charge is 0.454 e. The van der Waals surface area contributed by atoms with Crippen LogP contribution in [0.5, 0.6) is 11.5 Å². The van der Waals surface area contributed by atoms with E-state index >= 15 is 0 Å². The number of anilines is 3. The first-order chi connectivity index (χ1) is 17.0. The van der Waals surface area contributed by atoms with Crippen molar-refractivity contribution in [3.63, 3.8) is 0 Å². The van der Waals surface area contributed by atoms with Crippen LogP contribution in [0.2, 0.25) is 0 Å². The molecule has 2 heterocycles. The lowest BCUT2D eigenvalue weighted by Crippen LogP contribution is -2.27. The molecule has 2 atom stereocenters. The normalized spacial score (nSPS) is 20.4. The van der Waals surface area contributed by atoms with E-state index in [1.165, 1.54) is 5.56 Å². The van der Waals surface area contributed by atoms with Crippen molar-refractivity contribution in [2.75, 3.05) is 36.4 Å². The molecule has 0 spiro atoms. The number of allylic oxidation sites excluding steroid dienone is 1. The van der Waals surface area contributed by atoms with Gasteiger partial charge >= 0.3 is 0 Å². The van der Waals surface area contributed by atoms with Crippen molar-refractivity contribution in [2.24, 2.45) is 0 Å². The fourth-order valence-electron chi connectivity index (χ4n) is 5.16. The number of carbonyl (C=O) groups is 1. The highest BCUT2D eigenvalue weighted by Crippen LogP contribution is 2.47. The van der Waals surface area contributed by atoms with Crippen LogP contribution in [0, 0.1) is 0 Å². The van der Waals surface area contributed by atoms with E-state index in [2.05, 4.69) is 55.7 Å². The molecular weight excluding hydrogens is 506 g/mol. The van der Waals surface area contributed by atoms with E-state index in [1.807, 2.05) is 50.5 Å². The van der Waals surface area contributed by atoms with Crippen molar-refractivity contribution >= 4 is 38.8 Å². The molecule has 0 radical (unpaired) electrons. The van der Waals surface area contributed by atoms with Crippen LogP contribution in [0.4, 0.5) is 17.1 Å². The standard InChI is InChI=1S/C28H26BrN3O3/c1-32(2)18-9-7-16(8-10-18)17-11-23-27(24(33)12-17)28(31-22-6-4-3-5-21(22)30-23)19-13-25-26(14-20(19)29)35-15-34-25/h3-10,13-14,17,28,30-31H,11-12,15H2,1-2H3. The molecule has 6 nitrogen and oxygen atoms in total. The van der Waals surface area contributed by atoms with Gasteiger partial charge in [0, 0.05) is 41.9 Å². The summed E-state index contributed by atoms with van der Waals surface area (Å²) in [6.45, 7) is 0.203. The van der Waals surface area contributed by atoms with Gasteiger partial charge < -0.3 is 25.0 Å². The lowest BCUT2D eigenvalue weighted by atomic mass is 9.78. The van der Waals surface area contributed by atoms with E-state index in [0.717, 1.165) is 44.8 Å². The van der Waals surface area contributed by atoms with E-state index in [9.17, 15) is 4.79 Å². The average Bonchev–Trinajstić information content (AvgIpc) is 3.23. The van der Waals surface area contributed by atoms with Crippen LogP contribution in [0.15, 0.2) is 76.4 Å². The Morgan fingerprint density at radius 2 is 1.66 bits per heavy atom. The number of halogens is 1. The summed E-state index contributed by atoms with van der Waals surface area (Å²) in [6.07, 6.45) is 1.23. The van der Waals surface area contributed by atoms with Gasteiger partial charge in [-0.15, -0.1) is 0 Å². The molecule has 1 aliphatic carbocycles. The lowest BCUT2D eigenvalue weighted by Gasteiger charge is -2.30. The minimum atomic E-state index is -0.324. The Morgan fingerprint density at radius 1 is 0.943 bits per heavy atom. The highest BCUT2D eigenvalue weighted by Gasteiger charge is 2.37. The van der Waals surface area contributed by atoms with Gasteiger partial charge in [0.25, 0.3) is 0 Å². The monoisotopic (exact) mass is 531 g/mol. The maximum atomic E-state index is 13.8. The van der Waals surface area contributed by atoms with E-state index in [-0.39, 0.29) is 24.5 Å². The van der Waals surface area contributed by atoms with Gasteiger partial charge in [0.05, 0.1) is 17.4 Å². The SMILES string of the molecule is CN(C)c1ccc(C2CC(=O)C3=C(C2)Nc2ccccc2NC3c2cc3c(cc2Br)OCO3)cc1. The summed E-state index contributed by atoms with van der Waals surface area (Å²) in [5.41, 5.74) is 6.95. The Balaban J connectivity index is 1.43. The number of nitrogens with one attached hydrogen (secondary N) is 2. The Labute approximate surface area is 213 Å². The lowest BCUT2D eigenvalue weighted by molar-refractivity contribution is -0.116. The molecule has 7 heteroatoms. The third-order valence-electron chi connectivity index (χ3n) is 6.99. The predicted molar refractivity (Wildman–Crippen MR) is 141 cm³/mol. The van der Waals surface area contributed by atoms with Gasteiger partial charge in [-0.2, -0.15) is 0 Å². The van der Waals surface area contributed by atoms with Crippen LogP contribution in [-0.4, -0.2) is 26.7 Å². The minimum Gasteiger partial charge on any atom is -0.454 e. The molecule has 0 fully saturated rings. The van der Waals surface area contributed by atoms with Crippen molar-refractivity contribution in [1.29, 1.82) is 0 Å². The van der Waals surface area contributed by atoms with E-state index < -0.39 is 0 Å². The number of rotatable bonds is 3. The van der Waals surface area contributed by atoms with Gasteiger partial charge in [-0.25, -0.2) is 0 Å². The number of hydrogen-bond acceptors (Lipinski definition) is 6. The number of benzene rings is 3. The summed E-state index contributed by atoms with van der Waals surface area (Å²) in [6, 6.07) is 20.2. The maximum absolute atomic E-state index is 13.8. The summed E-state index contributed by atoms with van der Waals surface area (Å²) >= 11 is 3.72. The number of ether oxygens (including phenoxy) is 2. The molecule has 3 aromatic carbocycles. The molecule has 0 saturated carbocycles. The molecule has 3 aliphatic rings. The number of ketones is 1. The van der Waals surface area contributed by atoms with Crippen molar-refractivity contribution in [3.8, 4) is 11.5 Å². The van der Waals surface area contributed by atoms with Gasteiger partial charge in [0.2, 0.25) is 6.79 Å². The quantitative estimate of drug-likeness (QED) is 0.418. The number of para-hydroxylation sites is 2. The maximum Gasteiger partial charge on any atom is 0.231 e. The van der Waals surface area contributed by atoms with Gasteiger partial charge in [0.15, 0.2) is 17.3 Å². The first-order valence-corrected chi connectivity index (χ1v) is 12.5. The average molecular weight is 532 g/mol. The first kappa shape index (κ1) is 22.0. The highest BCUT2D eigenvalue weighted by atomic mass is 79.9. The summed E-state index contributed by atoms with van der Waals surface area (Å²) < 4.78 is 12.1. The topological polar surface area (TPSA) is 62.8 Å². The highest BCUT2D eigenvalue weighted by molar-refractivity contribution is 9.10. The smallest absolute Gasteiger partial charge is 0.231 e. The Kier molecular flexibility index (Phi) is 5.44. The summed E-state index contributed by atoms with van der Waals surface area (Å²) in [4.78, 5) is 15.9. The van der Waals surface area contributed by atoms with Gasteiger partial charge in [0.1, 0.15) is 0 Å². The molecule has 2 unspecified atom stereocenters. The third kappa shape index (κ3) is 3.93. The van der Waals surface area contributed by atoms with E-state index in [0.29, 0.717) is 17.9 Å². The van der Waals surface area contributed by atoms with Crippen molar-refractivity contribution in [1.82, 2.24) is 0 Å². The van der Waals surface area contributed by atoms with Crippen molar-refractivity contribution in [2.45, 2.75) is 24.8 Å². The van der Waals surface area contributed by atoms with E-state index in [1.54, 1.807) is 0 Å². The third-order valence-corrected chi connectivity index (χ3v) is 7.68. The fraction of sp³-hybridized carbons (Fsp3) is 0.250. The van der Waals surface area contributed by atoms with Crippen molar-refractivity contribution < 1.29 is 14.3 Å². The Morgan fingerprint density at radius 3 is 2.40 bits per heavy atom. The van der Waals surface area contributed by atoms with Crippen LogP contribution < -0.4 is 25.0 Å². The first-order valence-electron chi connectivity index (χ1n) is 11.7. The summed E-state index contributed by atoms with van der Waals surface area (Å²) in [5.74, 6) is 1.67. The van der Waals surface area contributed by atoms with E-state index in [4.69, 9.17) is 9.47 Å².